The molecule has 8 nitrogen and oxygen atoms in total. The normalized spacial score (nSPS) is 27.5. The van der Waals surface area contributed by atoms with E-state index in [1.165, 1.54) is 0 Å². The highest BCUT2D eigenvalue weighted by Crippen LogP contribution is 2.37. The maximum atomic E-state index is 13.0. The van der Waals surface area contributed by atoms with Crippen LogP contribution in [0.15, 0.2) is 24.7 Å². The molecule has 1 spiro atoms. The van der Waals surface area contributed by atoms with Crippen LogP contribution in [0.3, 0.4) is 0 Å². The van der Waals surface area contributed by atoms with Crippen molar-refractivity contribution in [3.8, 4) is 0 Å². The molecule has 0 aromatic carbocycles. The van der Waals surface area contributed by atoms with Crippen molar-refractivity contribution >= 4 is 17.5 Å². The van der Waals surface area contributed by atoms with Crippen LogP contribution in [0.1, 0.15) is 29.6 Å². The molecule has 24 heavy (non-hydrogen) atoms. The van der Waals surface area contributed by atoms with Crippen LogP contribution in [0.5, 0.6) is 0 Å². The Kier molecular flexibility index (Phi) is 3.49. The number of pyridine rings is 1. The first-order valence-corrected chi connectivity index (χ1v) is 8.16. The smallest absolute Gasteiger partial charge is 0.257 e. The number of amides is 2. The van der Waals surface area contributed by atoms with Gasteiger partial charge in [0.2, 0.25) is 5.91 Å². The van der Waals surface area contributed by atoms with Gasteiger partial charge in [-0.1, -0.05) is 0 Å². The number of hydrogen-bond acceptors (Lipinski definition) is 5. The molecule has 126 valence electrons. The fourth-order valence-corrected chi connectivity index (χ4v) is 3.81. The number of fused-ring (bicyclic) bond motifs is 1. The summed E-state index contributed by atoms with van der Waals surface area (Å²) >= 11 is 0. The second-order valence-electron chi connectivity index (χ2n) is 6.53. The van der Waals surface area contributed by atoms with E-state index in [-0.39, 0.29) is 18.4 Å². The molecule has 0 unspecified atom stereocenters. The Labute approximate surface area is 138 Å². The van der Waals surface area contributed by atoms with Crippen LogP contribution in [-0.4, -0.2) is 62.2 Å². The summed E-state index contributed by atoms with van der Waals surface area (Å²) < 4.78 is 1.69. The van der Waals surface area contributed by atoms with Crippen LogP contribution in [0.25, 0.3) is 5.65 Å². The maximum absolute atomic E-state index is 13.0. The molecule has 2 aromatic heterocycles. The van der Waals surface area contributed by atoms with E-state index in [1.807, 2.05) is 0 Å². The predicted molar refractivity (Wildman–Crippen MR) is 84.2 cm³/mol. The number of aliphatic hydroxyl groups is 1. The third-order valence-electron chi connectivity index (χ3n) is 5.16. The number of nitrogens with zero attached hydrogens (tertiary/aromatic N) is 4. The average Bonchev–Trinajstić information content (AvgIpc) is 3.08. The molecule has 0 saturated carbocycles. The lowest BCUT2D eigenvalue weighted by molar-refractivity contribution is -0.147. The topological polar surface area (TPSA) is 99.8 Å². The van der Waals surface area contributed by atoms with Gasteiger partial charge in [0.1, 0.15) is 6.33 Å². The first kappa shape index (κ1) is 15.1. The zero-order chi connectivity index (χ0) is 16.7. The lowest BCUT2D eigenvalue weighted by atomic mass is 9.71. The van der Waals surface area contributed by atoms with E-state index < -0.39 is 11.5 Å². The zero-order valence-corrected chi connectivity index (χ0v) is 13.2. The molecule has 0 bridgehead atoms. The molecule has 2 aliphatic rings. The number of carbonyl (C=O) groups is 2. The molecular formula is C16H19N5O3. The van der Waals surface area contributed by atoms with Gasteiger partial charge in [-0.2, -0.15) is 0 Å². The predicted octanol–water partition coefficient (Wildman–Crippen LogP) is -0.167. The summed E-state index contributed by atoms with van der Waals surface area (Å²) in [6, 6.07) is 3.48. The molecule has 2 N–H and O–H groups in total. The minimum Gasteiger partial charge on any atom is -0.392 e. The van der Waals surface area contributed by atoms with Crippen molar-refractivity contribution in [1.82, 2.24) is 24.8 Å². The summed E-state index contributed by atoms with van der Waals surface area (Å²) in [5.41, 5.74) is 0.0544. The van der Waals surface area contributed by atoms with Crippen molar-refractivity contribution in [1.29, 1.82) is 0 Å². The van der Waals surface area contributed by atoms with Gasteiger partial charge in [0, 0.05) is 25.8 Å². The Morgan fingerprint density at radius 1 is 1.46 bits per heavy atom. The van der Waals surface area contributed by atoms with Gasteiger partial charge in [-0.25, -0.2) is 0 Å². The highest BCUT2D eigenvalue weighted by molar-refractivity contribution is 6.00. The molecule has 2 aliphatic heterocycles. The Hall–Kier alpha value is -2.48. The SMILES string of the molecule is O=C(c1cccn2cnnc12)N1CC[C@H](O)[C@@]2(CCCNC2=O)C1. The Morgan fingerprint density at radius 3 is 3.17 bits per heavy atom. The molecule has 0 aliphatic carbocycles. The van der Waals surface area contributed by atoms with Gasteiger partial charge in [0.05, 0.1) is 17.1 Å². The van der Waals surface area contributed by atoms with E-state index in [9.17, 15) is 14.7 Å². The fraction of sp³-hybridized carbons (Fsp3) is 0.500. The second-order valence-corrected chi connectivity index (χ2v) is 6.53. The Morgan fingerprint density at radius 2 is 2.33 bits per heavy atom. The van der Waals surface area contributed by atoms with Crippen LogP contribution in [0.4, 0.5) is 0 Å². The number of piperidine rings is 2. The lowest BCUT2D eigenvalue weighted by Gasteiger charge is -2.46. The van der Waals surface area contributed by atoms with E-state index in [2.05, 4.69) is 15.5 Å². The average molecular weight is 329 g/mol. The van der Waals surface area contributed by atoms with Crippen LogP contribution in [0.2, 0.25) is 0 Å². The molecule has 0 radical (unpaired) electrons. The number of aliphatic hydroxyl groups excluding tert-OH is 1. The molecule has 8 heteroatoms. The third-order valence-corrected chi connectivity index (χ3v) is 5.16. The third kappa shape index (κ3) is 2.17. The summed E-state index contributed by atoms with van der Waals surface area (Å²) in [6.07, 6.45) is 4.41. The largest absolute Gasteiger partial charge is 0.392 e. The van der Waals surface area contributed by atoms with E-state index in [0.717, 1.165) is 6.42 Å². The van der Waals surface area contributed by atoms with Crippen molar-refractivity contribution in [2.75, 3.05) is 19.6 Å². The summed E-state index contributed by atoms with van der Waals surface area (Å²) in [4.78, 5) is 27.1. The van der Waals surface area contributed by atoms with Gasteiger partial charge >= 0.3 is 0 Å². The standard InChI is InChI=1S/C16H19N5O3/c22-12-4-8-20(9-16(12)5-2-6-17-15(16)24)14(23)11-3-1-7-21-10-18-19-13(11)21/h1,3,7,10,12,22H,2,4-6,8-9H2,(H,17,24)/t12-,16+/m0/s1. The van der Waals surface area contributed by atoms with Gasteiger partial charge < -0.3 is 15.3 Å². The van der Waals surface area contributed by atoms with Crippen molar-refractivity contribution < 1.29 is 14.7 Å². The second kappa shape index (κ2) is 5.55. The molecule has 2 amide bonds. The summed E-state index contributed by atoms with van der Waals surface area (Å²) in [6.45, 7) is 1.28. The number of hydrogen-bond donors (Lipinski definition) is 2. The van der Waals surface area contributed by atoms with Crippen LogP contribution in [0, 0.1) is 5.41 Å². The summed E-state index contributed by atoms with van der Waals surface area (Å²) in [7, 11) is 0. The van der Waals surface area contributed by atoms with Crippen LogP contribution in [-0.2, 0) is 4.79 Å². The van der Waals surface area contributed by atoms with Gasteiger partial charge in [0.15, 0.2) is 5.65 Å². The molecule has 2 aromatic rings. The number of nitrogens with one attached hydrogen (secondary N) is 1. The molecule has 4 heterocycles. The van der Waals surface area contributed by atoms with Crippen molar-refractivity contribution in [2.24, 2.45) is 5.41 Å². The van der Waals surface area contributed by atoms with E-state index in [4.69, 9.17) is 0 Å². The highest BCUT2D eigenvalue weighted by atomic mass is 16.3. The van der Waals surface area contributed by atoms with Gasteiger partial charge in [-0.15, -0.1) is 10.2 Å². The van der Waals surface area contributed by atoms with Gasteiger partial charge in [-0.3, -0.25) is 14.0 Å². The Bertz CT molecular complexity index is 804. The van der Waals surface area contributed by atoms with Gasteiger partial charge in [-0.05, 0) is 31.4 Å². The minimum atomic E-state index is -0.898. The summed E-state index contributed by atoms with van der Waals surface area (Å²) in [5, 5.41) is 21.1. The number of rotatable bonds is 1. The zero-order valence-electron chi connectivity index (χ0n) is 13.2. The monoisotopic (exact) mass is 329 g/mol. The van der Waals surface area contributed by atoms with E-state index in [1.54, 1.807) is 34.0 Å². The fourth-order valence-electron chi connectivity index (χ4n) is 3.81. The van der Waals surface area contributed by atoms with Gasteiger partial charge in [0.25, 0.3) is 5.91 Å². The first-order chi connectivity index (χ1) is 11.6. The quantitative estimate of drug-likeness (QED) is 0.757. The number of likely N-dealkylation sites (tertiary alicyclic amines) is 1. The molecular weight excluding hydrogens is 310 g/mol. The molecule has 2 atom stereocenters. The van der Waals surface area contributed by atoms with Crippen molar-refractivity contribution in [3.63, 3.8) is 0 Å². The van der Waals surface area contributed by atoms with E-state index >= 15 is 0 Å². The Balaban J connectivity index is 1.66. The lowest BCUT2D eigenvalue weighted by Crippen LogP contribution is -2.62. The maximum Gasteiger partial charge on any atom is 0.257 e. The van der Waals surface area contributed by atoms with Crippen LogP contribution >= 0.6 is 0 Å². The molecule has 2 saturated heterocycles. The number of aromatic nitrogens is 3. The molecule has 2 fully saturated rings. The minimum absolute atomic E-state index is 0.153. The summed E-state index contributed by atoms with van der Waals surface area (Å²) in [5.74, 6) is -0.335. The molecule has 4 rings (SSSR count). The number of carbonyl (C=O) groups excluding carboxylic acids is 2. The van der Waals surface area contributed by atoms with Crippen LogP contribution < -0.4 is 5.32 Å². The highest BCUT2D eigenvalue weighted by Gasteiger charge is 2.50. The van der Waals surface area contributed by atoms with Crippen molar-refractivity contribution in [2.45, 2.75) is 25.4 Å². The van der Waals surface area contributed by atoms with E-state index in [0.29, 0.717) is 37.1 Å². The first-order valence-electron chi connectivity index (χ1n) is 8.16. The van der Waals surface area contributed by atoms with Crippen molar-refractivity contribution in [3.05, 3.63) is 30.2 Å².